The van der Waals surface area contributed by atoms with Crippen LogP contribution in [0.3, 0.4) is 0 Å². The van der Waals surface area contributed by atoms with Crippen LogP contribution in [0.2, 0.25) is 0 Å². The number of carbonyl (C=O) groups excluding carboxylic acids is 1. The fourth-order valence-electron chi connectivity index (χ4n) is 1.42. The number of hydrogen-bond donors (Lipinski definition) is 3. The van der Waals surface area contributed by atoms with E-state index in [2.05, 4.69) is 6.58 Å². The molecule has 0 aromatic heterocycles. The number of aromatic carboxylic acids is 1. The lowest BCUT2D eigenvalue weighted by Gasteiger charge is -2.00. The standard InChI is InChI=1S/C10H10O3.C7H6O3/c1-2-7-13-10(12)8-3-5-9(11)6-4-8;8-6-3-1-5(2-4-6)7(9)10/h2-6,11H,1,7H2;1-4,8H,(H,9,10). The van der Waals surface area contributed by atoms with Crippen LogP contribution < -0.4 is 0 Å². The quantitative estimate of drug-likeness (QED) is 0.592. The third kappa shape index (κ3) is 6.34. The summed E-state index contributed by atoms with van der Waals surface area (Å²) in [6, 6.07) is 11.2. The number of carboxylic acids is 1. The number of carbonyl (C=O) groups is 2. The zero-order valence-corrected chi connectivity index (χ0v) is 12.2. The van der Waals surface area contributed by atoms with Crippen molar-refractivity contribution >= 4 is 11.9 Å². The van der Waals surface area contributed by atoms with Gasteiger partial charge < -0.3 is 20.1 Å². The summed E-state index contributed by atoms with van der Waals surface area (Å²) in [4.78, 5) is 21.4. The van der Waals surface area contributed by atoms with Gasteiger partial charge in [0, 0.05) is 0 Å². The summed E-state index contributed by atoms with van der Waals surface area (Å²) in [5, 5.41) is 26.1. The topological polar surface area (TPSA) is 104 Å². The van der Waals surface area contributed by atoms with Crippen molar-refractivity contribution in [1.82, 2.24) is 0 Å². The molecule has 0 aliphatic carbocycles. The summed E-state index contributed by atoms with van der Waals surface area (Å²) < 4.78 is 4.78. The number of esters is 1. The zero-order valence-electron chi connectivity index (χ0n) is 12.2. The summed E-state index contributed by atoms with van der Waals surface area (Å²) in [7, 11) is 0. The van der Waals surface area contributed by atoms with Gasteiger partial charge >= 0.3 is 11.9 Å². The molecule has 0 fully saturated rings. The van der Waals surface area contributed by atoms with Crippen LogP contribution in [0.15, 0.2) is 61.2 Å². The molecule has 0 amide bonds. The summed E-state index contributed by atoms with van der Waals surface area (Å²) in [5.74, 6) is -1.20. The predicted octanol–water partition coefficient (Wildman–Crippen LogP) is 2.83. The second kappa shape index (κ2) is 8.89. The molecule has 120 valence electrons. The Morgan fingerprint density at radius 1 is 0.913 bits per heavy atom. The van der Waals surface area contributed by atoms with E-state index in [9.17, 15) is 9.59 Å². The molecule has 2 aromatic rings. The van der Waals surface area contributed by atoms with Gasteiger partial charge in [0.15, 0.2) is 0 Å². The van der Waals surface area contributed by atoms with Gasteiger partial charge in [-0.15, -0.1) is 0 Å². The summed E-state index contributed by atoms with van der Waals surface area (Å²) in [6.07, 6.45) is 1.50. The van der Waals surface area contributed by atoms with Crippen LogP contribution in [0.5, 0.6) is 11.5 Å². The molecular weight excluding hydrogens is 300 g/mol. The van der Waals surface area contributed by atoms with Crippen molar-refractivity contribution in [3.63, 3.8) is 0 Å². The van der Waals surface area contributed by atoms with Gasteiger partial charge in [-0.3, -0.25) is 0 Å². The van der Waals surface area contributed by atoms with Gasteiger partial charge in [-0.1, -0.05) is 12.7 Å². The lowest BCUT2D eigenvalue weighted by Crippen LogP contribution is -2.04. The second-order valence-corrected chi connectivity index (χ2v) is 4.29. The van der Waals surface area contributed by atoms with Crippen LogP contribution in [0.4, 0.5) is 0 Å². The van der Waals surface area contributed by atoms with Crippen molar-refractivity contribution in [3.8, 4) is 11.5 Å². The maximum Gasteiger partial charge on any atom is 0.338 e. The Hall–Kier alpha value is -3.28. The van der Waals surface area contributed by atoms with Gasteiger partial charge in [-0.2, -0.15) is 0 Å². The monoisotopic (exact) mass is 316 g/mol. The first-order valence-corrected chi connectivity index (χ1v) is 6.53. The van der Waals surface area contributed by atoms with Crippen molar-refractivity contribution in [1.29, 1.82) is 0 Å². The molecule has 0 heterocycles. The first kappa shape index (κ1) is 17.8. The highest BCUT2D eigenvalue weighted by atomic mass is 16.5. The third-order valence-electron chi connectivity index (χ3n) is 2.55. The Balaban J connectivity index is 0.000000238. The Bertz CT molecular complexity index is 658. The first-order valence-electron chi connectivity index (χ1n) is 6.53. The molecule has 0 saturated carbocycles. The Morgan fingerprint density at radius 2 is 1.35 bits per heavy atom. The van der Waals surface area contributed by atoms with E-state index in [-0.39, 0.29) is 23.7 Å². The first-order chi connectivity index (χ1) is 10.9. The SMILES string of the molecule is C=CCOC(=O)c1ccc(O)cc1.O=C(O)c1ccc(O)cc1. The highest BCUT2D eigenvalue weighted by Crippen LogP contribution is 2.10. The van der Waals surface area contributed by atoms with Crippen molar-refractivity contribution < 1.29 is 29.6 Å². The lowest BCUT2D eigenvalue weighted by molar-refractivity contribution is 0.0549. The van der Waals surface area contributed by atoms with Crippen LogP contribution in [0, 0.1) is 0 Å². The number of aromatic hydroxyl groups is 2. The molecule has 0 spiro atoms. The van der Waals surface area contributed by atoms with Crippen LogP contribution in [0.1, 0.15) is 20.7 Å². The average molecular weight is 316 g/mol. The van der Waals surface area contributed by atoms with Crippen LogP contribution >= 0.6 is 0 Å². The molecule has 6 heteroatoms. The molecule has 0 radical (unpaired) electrons. The van der Waals surface area contributed by atoms with Crippen molar-refractivity contribution in [2.24, 2.45) is 0 Å². The molecule has 0 atom stereocenters. The minimum Gasteiger partial charge on any atom is -0.508 e. The van der Waals surface area contributed by atoms with Crippen LogP contribution in [-0.2, 0) is 4.74 Å². The van der Waals surface area contributed by atoms with E-state index >= 15 is 0 Å². The fourth-order valence-corrected chi connectivity index (χ4v) is 1.42. The van der Waals surface area contributed by atoms with Gasteiger partial charge in [0.2, 0.25) is 0 Å². The summed E-state index contributed by atoms with van der Waals surface area (Å²) in [5.41, 5.74) is 0.595. The minimum absolute atomic E-state index is 0.0741. The predicted molar refractivity (Wildman–Crippen MR) is 83.7 cm³/mol. The molecule has 6 nitrogen and oxygen atoms in total. The highest BCUT2D eigenvalue weighted by Gasteiger charge is 2.04. The normalized spacial score (nSPS) is 9.22. The Morgan fingerprint density at radius 3 is 1.74 bits per heavy atom. The largest absolute Gasteiger partial charge is 0.508 e. The van der Waals surface area contributed by atoms with E-state index in [1.165, 1.54) is 54.6 Å². The molecule has 2 rings (SSSR count). The molecule has 3 N–H and O–H groups in total. The van der Waals surface area contributed by atoms with Crippen LogP contribution in [-0.4, -0.2) is 33.9 Å². The van der Waals surface area contributed by atoms with E-state index in [0.29, 0.717) is 5.56 Å². The maximum absolute atomic E-state index is 11.2. The molecule has 2 aromatic carbocycles. The Labute approximate surface area is 132 Å². The molecule has 0 unspecified atom stereocenters. The van der Waals surface area contributed by atoms with Gasteiger partial charge in [0.05, 0.1) is 11.1 Å². The highest BCUT2D eigenvalue weighted by molar-refractivity contribution is 5.89. The van der Waals surface area contributed by atoms with Crippen LogP contribution in [0.25, 0.3) is 0 Å². The molecule has 0 aliphatic heterocycles. The number of phenolic OH excluding ortho intramolecular Hbond substituents is 2. The van der Waals surface area contributed by atoms with E-state index in [0.717, 1.165) is 0 Å². The molecule has 23 heavy (non-hydrogen) atoms. The van der Waals surface area contributed by atoms with Gasteiger partial charge in [0.25, 0.3) is 0 Å². The number of ether oxygens (including phenoxy) is 1. The van der Waals surface area contributed by atoms with E-state index in [1.54, 1.807) is 0 Å². The smallest absolute Gasteiger partial charge is 0.338 e. The van der Waals surface area contributed by atoms with Crippen molar-refractivity contribution in [2.75, 3.05) is 6.61 Å². The fraction of sp³-hybridized carbons (Fsp3) is 0.0588. The molecule has 0 aliphatic rings. The third-order valence-corrected chi connectivity index (χ3v) is 2.55. The summed E-state index contributed by atoms with van der Waals surface area (Å²) in [6.45, 7) is 3.62. The number of rotatable bonds is 4. The molecular formula is C17H16O6. The number of hydrogen-bond acceptors (Lipinski definition) is 5. The summed E-state index contributed by atoms with van der Waals surface area (Å²) >= 11 is 0. The number of benzene rings is 2. The van der Waals surface area contributed by atoms with Gasteiger partial charge in [0.1, 0.15) is 18.1 Å². The lowest BCUT2D eigenvalue weighted by atomic mass is 10.2. The molecule has 0 bridgehead atoms. The maximum atomic E-state index is 11.2. The number of carboxylic acid groups (broad SMARTS) is 1. The second-order valence-electron chi connectivity index (χ2n) is 4.29. The van der Waals surface area contributed by atoms with Gasteiger partial charge in [-0.05, 0) is 48.5 Å². The number of phenols is 2. The Kier molecular flexibility index (Phi) is 6.87. The van der Waals surface area contributed by atoms with Gasteiger partial charge in [-0.25, -0.2) is 9.59 Å². The van der Waals surface area contributed by atoms with E-state index < -0.39 is 11.9 Å². The van der Waals surface area contributed by atoms with E-state index in [1.807, 2.05) is 0 Å². The molecule has 0 saturated heterocycles. The minimum atomic E-state index is -0.986. The average Bonchev–Trinajstić information content (AvgIpc) is 2.54. The van der Waals surface area contributed by atoms with E-state index in [4.69, 9.17) is 20.1 Å². The van der Waals surface area contributed by atoms with Crippen molar-refractivity contribution in [3.05, 3.63) is 72.3 Å². The zero-order chi connectivity index (χ0) is 17.2. The van der Waals surface area contributed by atoms with Crippen molar-refractivity contribution in [2.45, 2.75) is 0 Å².